The quantitative estimate of drug-likeness (QED) is 0.516. The molecule has 1 aliphatic heterocycles. The average Bonchev–Trinajstić information content (AvgIpc) is 3.22. The highest BCUT2D eigenvalue weighted by Gasteiger charge is 2.19. The van der Waals surface area contributed by atoms with Crippen molar-refractivity contribution in [1.82, 2.24) is 14.8 Å². The highest BCUT2D eigenvalue weighted by molar-refractivity contribution is 7.09. The van der Waals surface area contributed by atoms with E-state index in [1.165, 1.54) is 18.2 Å². The summed E-state index contributed by atoms with van der Waals surface area (Å²) in [5, 5.41) is 2.96. The molecule has 0 aliphatic carbocycles. The molecular weight excluding hydrogens is 420 g/mol. The Bertz CT molecular complexity index is 989. The number of methoxy groups -OCH3 is 1. The number of thiazole rings is 1. The third kappa shape index (κ3) is 6.00. The first kappa shape index (κ1) is 21.7. The molecule has 1 saturated heterocycles. The molecule has 2 aromatic carbocycles. The molecule has 1 aliphatic rings. The van der Waals surface area contributed by atoms with Gasteiger partial charge in [-0.25, -0.2) is 13.8 Å². The minimum atomic E-state index is -0.279. The van der Waals surface area contributed by atoms with Crippen LogP contribution in [0, 0.1) is 11.6 Å². The largest absolute Gasteiger partial charge is 0.496 e. The van der Waals surface area contributed by atoms with E-state index in [2.05, 4.69) is 20.2 Å². The molecule has 0 radical (unpaired) electrons. The Balaban J connectivity index is 1.24. The van der Waals surface area contributed by atoms with Crippen molar-refractivity contribution in [1.29, 1.82) is 0 Å². The fourth-order valence-electron chi connectivity index (χ4n) is 3.61. The maximum absolute atomic E-state index is 13.6. The maximum Gasteiger partial charge on any atom is 0.140 e. The standard InChI is InChI=1S/C23H25F2N3O2S/c1-29-22-7-4-19(25)12-17(22)13-27-8-10-28(11-9-27)14-20-16-31-23(26-20)15-30-21-5-2-18(24)3-6-21/h2-7,12,16H,8-11,13-15H2,1H3. The van der Waals surface area contributed by atoms with Crippen LogP contribution in [0.1, 0.15) is 16.3 Å². The molecule has 5 nitrogen and oxygen atoms in total. The van der Waals surface area contributed by atoms with Crippen LogP contribution in [0.5, 0.6) is 11.5 Å². The summed E-state index contributed by atoms with van der Waals surface area (Å²) in [5.41, 5.74) is 1.91. The van der Waals surface area contributed by atoms with Crippen LogP contribution in [-0.4, -0.2) is 48.1 Å². The van der Waals surface area contributed by atoms with Crippen LogP contribution in [-0.2, 0) is 19.7 Å². The van der Waals surface area contributed by atoms with Gasteiger partial charge in [0.1, 0.15) is 34.7 Å². The number of benzene rings is 2. The molecule has 1 aromatic heterocycles. The monoisotopic (exact) mass is 445 g/mol. The summed E-state index contributed by atoms with van der Waals surface area (Å²) in [6, 6.07) is 10.6. The minimum absolute atomic E-state index is 0.239. The van der Waals surface area contributed by atoms with E-state index in [9.17, 15) is 8.78 Å². The number of hydrogen-bond acceptors (Lipinski definition) is 6. The number of halogens is 2. The van der Waals surface area contributed by atoms with Crippen LogP contribution >= 0.6 is 11.3 Å². The van der Waals surface area contributed by atoms with Crippen LogP contribution < -0.4 is 9.47 Å². The van der Waals surface area contributed by atoms with Gasteiger partial charge in [-0.15, -0.1) is 11.3 Å². The van der Waals surface area contributed by atoms with E-state index in [1.54, 1.807) is 42.7 Å². The maximum atomic E-state index is 13.6. The highest BCUT2D eigenvalue weighted by atomic mass is 32.1. The van der Waals surface area contributed by atoms with Crippen LogP contribution in [0.15, 0.2) is 47.8 Å². The van der Waals surface area contributed by atoms with Gasteiger partial charge in [0, 0.05) is 50.2 Å². The second-order valence-electron chi connectivity index (χ2n) is 7.48. The summed E-state index contributed by atoms with van der Waals surface area (Å²) >= 11 is 1.57. The lowest BCUT2D eigenvalue weighted by Crippen LogP contribution is -2.45. The molecule has 2 heterocycles. The Kier molecular flexibility index (Phi) is 7.11. The molecule has 1 fully saturated rings. The summed E-state index contributed by atoms with van der Waals surface area (Å²) in [6.45, 7) is 5.52. The Morgan fingerprint density at radius 1 is 0.935 bits per heavy atom. The second-order valence-corrected chi connectivity index (χ2v) is 8.43. The molecule has 8 heteroatoms. The Morgan fingerprint density at radius 2 is 1.61 bits per heavy atom. The molecule has 164 valence electrons. The summed E-state index contributed by atoms with van der Waals surface area (Å²) in [5.74, 6) is 0.835. The third-order valence-electron chi connectivity index (χ3n) is 5.26. The van der Waals surface area contributed by atoms with Crippen molar-refractivity contribution in [2.75, 3.05) is 33.3 Å². The van der Waals surface area contributed by atoms with E-state index in [0.29, 0.717) is 18.9 Å². The van der Waals surface area contributed by atoms with E-state index in [0.717, 1.165) is 54.7 Å². The van der Waals surface area contributed by atoms with Crippen molar-refractivity contribution in [3.63, 3.8) is 0 Å². The fraction of sp³-hybridized carbons (Fsp3) is 0.348. The van der Waals surface area contributed by atoms with Crippen LogP contribution in [0.2, 0.25) is 0 Å². The first-order chi connectivity index (χ1) is 15.1. The van der Waals surface area contributed by atoms with Crippen molar-refractivity contribution < 1.29 is 18.3 Å². The fourth-order valence-corrected chi connectivity index (χ4v) is 4.31. The van der Waals surface area contributed by atoms with Gasteiger partial charge in [0.15, 0.2) is 0 Å². The normalized spacial score (nSPS) is 15.2. The average molecular weight is 446 g/mol. The molecule has 0 N–H and O–H groups in total. The van der Waals surface area contributed by atoms with Gasteiger partial charge in [-0.3, -0.25) is 9.80 Å². The second kappa shape index (κ2) is 10.2. The van der Waals surface area contributed by atoms with Gasteiger partial charge in [-0.1, -0.05) is 0 Å². The predicted octanol–water partition coefficient (Wildman–Crippen LogP) is 4.33. The van der Waals surface area contributed by atoms with E-state index < -0.39 is 0 Å². The van der Waals surface area contributed by atoms with E-state index in [-0.39, 0.29) is 11.6 Å². The molecule has 0 atom stereocenters. The smallest absolute Gasteiger partial charge is 0.140 e. The number of aromatic nitrogens is 1. The van der Waals surface area contributed by atoms with Gasteiger partial charge >= 0.3 is 0 Å². The lowest BCUT2D eigenvalue weighted by molar-refractivity contribution is 0.120. The van der Waals surface area contributed by atoms with Crippen molar-refractivity contribution in [2.45, 2.75) is 19.7 Å². The molecule has 0 spiro atoms. The lowest BCUT2D eigenvalue weighted by Gasteiger charge is -2.34. The van der Waals surface area contributed by atoms with Gasteiger partial charge in [-0.2, -0.15) is 0 Å². The van der Waals surface area contributed by atoms with Gasteiger partial charge < -0.3 is 9.47 Å². The topological polar surface area (TPSA) is 37.8 Å². The van der Waals surface area contributed by atoms with Gasteiger partial charge in [0.25, 0.3) is 0 Å². The van der Waals surface area contributed by atoms with Gasteiger partial charge in [0.2, 0.25) is 0 Å². The number of rotatable bonds is 8. The van der Waals surface area contributed by atoms with Crippen molar-refractivity contribution in [3.8, 4) is 11.5 Å². The molecule has 31 heavy (non-hydrogen) atoms. The molecular formula is C23H25F2N3O2S. The summed E-state index contributed by atoms with van der Waals surface area (Å²) in [6.07, 6.45) is 0. The number of hydrogen-bond donors (Lipinski definition) is 0. The number of nitrogens with zero attached hydrogens (tertiary/aromatic N) is 3. The molecule has 0 saturated carbocycles. The molecule has 4 rings (SSSR count). The summed E-state index contributed by atoms with van der Waals surface area (Å²) in [4.78, 5) is 9.35. The summed E-state index contributed by atoms with van der Waals surface area (Å²) < 4.78 is 37.6. The van der Waals surface area contributed by atoms with E-state index in [1.807, 2.05) is 0 Å². The SMILES string of the molecule is COc1ccc(F)cc1CN1CCN(Cc2csc(COc3ccc(F)cc3)n2)CC1. The Labute approximate surface area is 184 Å². The molecule has 0 amide bonds. The van der Waals surface area contributed by atoms with Crippen LogP contribution in [0.3, 0.4) is 0 Å². The first-order valence-electron chi connectivity index (χ1n) is 10.2. The van der Waals surface area contributed by atoms with Crippen molar-refractivity contribution >= 4 is 11.3 Å². The Hall–Kier alpha value is -2.55. The minimum Gasteiger partial charge on any atom is -0.496 e. The zero-order chi connectivity index (χ0) is 21.6. The predicted molar refractivity (Wildman–Crippen MR) is 116 cm³/mol. The lowest BCUT2D eigenvalue weighted by atomic mass is 10.1. The Morgan fingerprint density at radius 3 is 2.32 bits per heavy atom. The van der Waals surface area contributed by atoms with Crippen LogP contribution in [0.25, 0.3) is 0 Å². The molecule has 0 bridgehead atoms. The van der Waals surface area contributed by atoms with E-state index in [4.69, 9.17) is 9.47 Å². The zero-order valence-electron chi connectivity index (χ0n) is 17.4. The number of ether oxygens (including phenoxy) is 2. The number of piperazine rings is 1. The van der Waals surface area contributed by atoms with Crippen molar-refractivity contribution in [3.05, 3.63) is 75.7 Å². The van der Waals surface area contributed by atoms with Gasteiger partial charge in [0.05, 0.1) is 12.8 Å². The highest BCUT2D eigenvalue weighted by Crippen LogP contribution is 2.22. The van der Waals surface area contributed by atoms with E-state index >= 15 is 0 Å². The summed E-state index contributed by atoms with van der Waals surface area (Å²) in [7, 11) is 1.61. The van der Waals surface area contributed by atoms with Crippen molar-refractivity contribution in [2.24, 2.45) is 0 Å². The molecule has 0 unspecified atom stereocenters. The first-order valence-corrected chi connectivity index (χ1v) is 11.1. The van der Waals surface area contributed by atoms with Crippen LogP contribution in [0.4, 0.5) is 8.78 Å². The third-order valence-corrected chi connectivity index (χ3v) is 6.13. The van der Waals surface area contributed by atoms with Gasteiger partial charge in [-0.05, 0) is 42.5 Å². The zero-order valence-corrected chi connectivity index (χ0v) is 18.2. The molecule has 3 aromatic rings.